The molecule has 0 spiro atoms. The van der Waals surface area contributed by atoms with Crippen LogP contribution in [-0.4, -0.2) is 0 Å². The van der Waals surface area contributed by atoms with E-state index in [0.29, 0.717) is 0 Å². The van der Waals surface area contributed by atoms with Crippen LogP contribution < -0.4 is 0 Å². The summed E-state index contributed by atoms with van der Waals surface area (Å²) in [5, 5.41) is 0. The van der Waals surface area contributed by atoms with Crippen molar-refractivity contribution in [2.75, 3.05) is 0 Å². The largest absolute Gasteiger partial charge is 2.00 e. The summed E-state index contributed by atoms with van der Waals surface area (Å²) in [6.45, 7) is 3.64. The molecule has 0 saturated heterocycles. The minimum atomic E-state index is 0. The molecule has 1 heteroatoms. The normalized spacial score (nSPS) is 8.00. The topological polar surface area (TPSA) is 0 Å². The summed E-state index contributed by atoms with van der Waals surface area (Å²) in [6, 6.07) is 18.3. The second-order valence-electron chi connectivity index (χ2n) is 2.75. The first-order valence-electron chi connectivity index (χ1n) is 4.41. The summed E-state index contributed by atoms with van der Waals surface area (Å²) >= 11 is 0. The zero-order valence-corrected chi connectivity index (χ0v) is 9.15. The molecule has 2 aromatic rings. The van der Waals surface area contributed by atoms with Crippen LogP contribution in [0.15, 0.2) is 67.3 Å². The summed E-state index contributed by atoms with van der Waals surface area (Å²) in [5.41, 5.74) is 1.35. The van der Waals surface area contributed by atoms with Gasteiger partial charge in [0, 0.05) is 0 Å². The van der Waals surface area contributed by atoms with Gasteiger partial charge in [-0.15, -0.1) is 6.58 Å². The summed E-state index contributed by atoms with van der Waals surface area (Å²) in [6.07, 6.45) is 2.91. The average molecular weight is 226 g/mol. The third kappa shape index (κ3) is 5.58. The Labute approximate surface area is 96.5 Å². The molecule has 2 rings (SSSR count). The number of rotatable bonds is 2. The molecule has 0 unspecified atom stereocenters. The van der Waals surface area contributed by atoms with E-state index in [2.05, 4.69) is 18.7 Å². The van der Waals surface area contributed by atoms with Gasteiger partial charge < -0.3 is 0 Å². The van der Waals surface area contributed by atoms with Crippen LogP contribution in [0.5, 0.6) is 0 Å². The number of allylic oxidation sites excluding steroid dienone is 1. The Hall–Kier alpha value is -1.04. The van der Waals surface area contributed by atoms with E-state index >= 15 is 0 Å². The first-order chi connectivity index (χ1) is 6.43. The zero-order valence-electron chi connectivity index (χ0n) is 8.04. The van der Waals surface area contributed by atoms with Gasteiger partial charge in [0.25, 0.3) is 0 Å². The molecule has 0 aliphatic rings. The molecule has 74 valence electrons. The minimum Gasteiger partial charge on any atom is -0.214 e. The Bertz CT molecular complexity index is 273. The van der Waals surface area contributed by atoms with Gasteiger partial charge in [-0.25, -0.2) is 24.3 Å². The second-order valence-corrected chi connectivity index (χ2v) is 2.75. The minimum absolute atomic E-state index is 0. The van der Waals surface area contributed by atoms with Crippen molar-refractivity contribution in [2.24, 2.45) is 0 Å². The van der Waals surface area contributed by atoms with Gasteiger partial charge >= 0.3 is 17.1 Å². The van der Waals surface area contributed by atoms with Crippen molar-refractivity contribution in [3.05, 3.63) is 72.8 Å². The van der Waals surface area contributed by atoms with E-state index in [9.17, 15) is 0 Å². The second kappa shape index (κ2) is 8.55. The molecule has 0 fully saturated rings. The van der Waals surface area contributed by atoms with E-state index in [4.69, 9.17) is 0 Å². The molecule has 0 amide bonds. The van der Waals surface area contributed by atoms with Crippen LogP contribution in [0.1, 0.15) is 5.56 Å². The molecule has 0 saturated carbocycles. The predicted molar refractivity (Wildman–Crippen MR) is 58.0 cm³/mol. The van der Waals surface area contributed by atoms with Crippen molar-refractivity contribution in [3.8, 4) is 0 Å². The summed E-state index contributed by atoms with van der Waals surface area (Å²) in [4.78, 5) is 0. The van der Waals surface area contributed by atoms with Crippen molar-refractivity contribution >= 4 is 0 Å². The molecule has 0 radical (unpaired) electrons. The van der Waals surface area contributed by atoms with Crippen LogP contribution in [0.25, 0.3) is 0 Å². The third-order valence-electron chi connectivity index (χ3n) is 1.67. The Kier molecular flexibility index (Phi) is 7.92. The van der Waals surface area contributed by atoms with E-state index in [1.807, 2.05) is 48.5 Å². The van der Waals surface area contributed by atoms with Gasteiger partial charge in [0.05, 0.1) is 0 Å². The maximum Gasteiger partial charge on any atom is 2.00 e. The van der Waals surface area contributed by atoms with Crippen molar-refractivity contribution in [1.82, 2.24) is 0 Å². The Balaban J connectivity index is 0.000000246. The first-order valence-corrected chi connectivity index (χ1v) is 4.41. The van der Waals surface area contributed by atoms with E-state index < -0.39 is 0 Å². The van der Waals surface area contributed by atoms with Crippen molar-refractivity contribution in [3.63, 3.8) is 0 Å². The van der Waals surface area contributed by atoms with Gasteiger partial charge in [0.15, 0.2) is 0 Å². The summed E-state index contributed by atoms with van der Waals surface area (Å²) < 4.78 is 0. The summed E-state index contributed by atoms with van der Waals surface area (Å²) in [5.74, 6) is 0. The van der Waals surface area contributed by atoms with Gasteiger partial charge in [-0.1, -0.05) is 6.08 Å². The number of hydrogen-bond donors (Lipinski definition) is 0. The monoisotopic (exact) mass is 226 g/mol. The molecule has 0 nitrogen and oxygen atoms in total. The van der Waals surface area contributed by atoms with Crippen LogP contribution in [0.2, 0.25) is 0 Å². The average Bonchev–Trinajstić information content (AvgIpc) is 2.79. The molecule has 14 heavy (non-hydrogen) atoms. The van der Waals surface area contributed by atoms with Gasteiger partial charge in [-0.3, -0.25) is 0 Å². The third-order valence-corrected chi connectivity index (χ3v) is 1.67. The Morgan fingerprint density at radius 3 is 2.21 bits per heavy atom. The Morgan fingerprint density at radius 1 is 1.14 bits per heavy atom. The fraction of sp³-hybridized carbons (Fsp3) is 0.0769. The fourth-order valence-electron chi connectivity index (χ4n) is 1.04. The number of hydrogen-bond acceptors (Lipinski definition) is 0. The first kappa shape index (κ1) is 13.0. The van der Waals surface area contributed by atoms with E-state index in [1.54, 1.807) is 0 Å². The van der Waals surface area contributed by atoms with Gasteiger partial charge in [-0.2, -0.15) is 35.9 Å². The van der Waals surface area contributed by atoms with Crippen LogP contribution in [-0.2, 0) is 23.5 Å². The van der Waals surface area contributed by atoms with Crippen LogP contribution >= 0.6 is 0 Å². The predicted octanol–water partition coefficient (Wildman–Crippen LogP) is 3.54. The molecule has 0 aromatic heterocycles. The van der Waals surface area contributed by atoms with Gasteiger partial charge in [0.2, 0.25) is 0 Å². The van der Waals surface area contributed by atoms with Gasteiger partial charge in [-0.05, 0) is 6.42 Å². The maximum atomic E-state index is 3.64. The van der Waals surface area contributed by atoms with E-state index in [0.717, 1.165) is 6.42 Å². The standard InChI is InChI=1S/C8H9.C5H5.Fe/c1-2-5-8-6-3-4-7-8;1-2-4-5-3-1;/h2-4,6-7H,1,5H2;1-5H;/q2*-1;+2. The van der Waals surface area contributed by atoms with Gasteiger partial charge in [0.1, 0.15) is 0 Å². The van der Waals surface area contributed by atoms with Crippen molar-refractivity contribution in [2.45, 2.75) is 6.42 Å². The van der Waals surface area contributed by atoms with Crippen LogP contribution in [0, 0.1) is 0 Å². The molecule has 2 aromatic carbocycles. The van der Waals surface area contributed by atoms with Crippen molar-refractivity contribution < 1.29 is 17.1 Å². The Morgan fingerprint density at radius 2 is 1.86 bits per heavy atom. The van der Waals surface area contributed by atoms with E-state index in [1.165, 1.54) is 5.56 Å². The molecular formula is C13H14Fe. The summed E-state index contributed by atoms with van der Waals surface area (Å²) in [7, 11) is 0. The van der Waals surface area contributed by atoms with Crippen LogP contribution in [0.3, 0.4) is 0 Å². The quantitative estimate of drug-likeness (QED) is 0.417. The SMILES string of the molecule is C=CCc1ccc[cH-]1.[Fe+2].c1cc[cH-]c1. The molecule has 0 N–H and O–H groups in total. The molecular weight excluding hydrogens is 212 g/mol. The smallest absolute Gasteiger partial charge is 0.214 e. The zero-order chi connectivity index (χ0) is 9.36. The van der Waals surface area contributed by atoms with Crippen LogP contribution in [0.4, 0.5) is 0 Å². The van der Waals surface area contributed by atoms with Crippen molar-refractivity contribution in [1.29, 1.82) is 0 Å². The molecule has 0 heterocycles. The molecule has 0 atom stereocenters. The maximum absolute atomic E-state index is 3.64. The molecule has 0 aliphatic carbocycles. The fourth-order valence-corrected chi connectivity index (χ4v) is 1.04. The molecule has 0 aliphatic heterocycles. The molecule has 0 bridgehead atoms. The van der Waals surface area contributed by atoms with E-state index in [-0.39, 0.29) is 17.1 Å².